The maximum Gasteiger partial charge on any atom is 0.0630 e. The first-order valence-corrected chi connectivity index (χ1v) is 3.57. The highest BCUT2D eigenvalue weighted by molar-refractivity contribution is 5.02. The van der Waals surface area contributed by atoms with Gasteiger partial charge in [-0.15, -0.1) is 0 Å². The summed E-state index contributed by atoms with van der Waals surface area (Å²) in [4.78, 5) is 0. The van der Waals surface area contributed by atoms with E-state index in [-0.39, 0.29) is 5.41 Å². The lowest BCUT2D eigenvalue weighted by Gasteiger charge is -2.48. The molecule has 1 aliphatic rings. The summed E-state index contributed by atoms with van der Waals surface area (Å²) >= 11 is 0. The molecule has 0 bridgehead atoms. The monoisotopic (exact) mass is 139 g/mol. The molecule has 0 aliphatic heterocycles. The first-order valence-electron chi connectivity index (χ1n) is 3.57. The van der Waals surface area contributed by atoms with E-state index in [0.717, 1.165) is 12.8 Å². The van der Waals surface area contributed by atoms with Crippen LogP contribution in [-0.2, 0) is 0 Å². The van der Waals surface area contributed by atoms with E-state index < -0.39 is 5.60 Å². The fourth-order valence-electron chi connectivity index (χ4n) is 2.10. The van der Waals surface area contributed by atoms with Crippen LogP contribution in [0.4, 0.5) is 0 Å². The SMILES string of the molecule is C[C@]1(O)C[C@](C)(CC#N)C1. The highest BCUT2D eigenvalue weighted by Gasteiger charge is 2.47. The normalized spacial score (nSPS) is 45.8. The minimum absolute atomic E-state index is 0.0955. The number of hydrogen-bond donors (Lipinski definition) is 1. The zero-order valence-corrected chi connectivity index (χ0v) is 6.52. The van der Waals surface area contributed by atoms with Crippen LogP contribution in [0.1, 0.15) is 33.1 Å². The van der Waals surface area contributed by atoms with Crippen molar-refractivity contribution < 1.29 is 5.11 Å². The fraction of sp³-hybridized carbons (Fsp3) is 0.875. The molecule has 2 nitrogen and oxygen atoms in total. The zero-order chi connectivity index (χ0) is 7.83. The lowest BCUT2D eigenvalue weighted by molar-refractivity contribution is -0.104. The van der Waals surface area contributed by atoms with E-state index in [1.807, 2.05) is 13.8 Å². The van der Waals surface area contributed by atoms with Gasteiger partial charge in [0.2, 0.25) is 0 Å². The highest BCUT2D eigenvalue weighted by Crippen LogP contribution is 2.49. The maximum atomic E-state index is 9.37. The molecular formula is C8H13NO. The third-order valence-corrected chi connectivity index (χ3v) is 2.12. The third kappa shape index (κ3) is 1.30. The second kappa shape index (κ2) is 1.96. The van der Waals surface area contributed by atoms with Gasteiger partial charge in [0, 0.05) is 6.42 Å². The smallest absolute Gasteiger partial charge is 0.0630 e. The van der Waals surface area contributed by atoms with Crippen LogP contribution in [0, 0.1) is 16.7 Å². The van der Waals surface area contributed by atoms with Crippen LogP contribution in [0.3, 0.4) is 0 Å². The molecule has 1 saturated carbocycles. The Bertz CT molecular complexity index is 170. The first kappa shape index (κ1) is 7.56. The summed E-state index contributed by atoms with van der Waals surface area (Å²) in [5.74, 6) is 0. The predicted octanol–water partition coefficient (Wildman–Crippen LogP) is 1.45. The summed E-state index contributed by atoms with van der Waals surface area (Å²) in [6, 6.07) is 2.14. The van der Waals surface area contributed by atoms with Crippen LogP contribution < -0.4 is 0 Å². The highest BCUT2D eigenvalue weighted by atomic mass is 16.3. The number of nitrogens with zero attached hydrogens (tertiary/aromatic N) is 1. The third-order valence-electron chi connectivity index (χ3n) is 2.12. The Morgan fingerprint density at radius 2 is 2.00 bits per heavy atom. The van der Waals surface area contributed by atoms with Gasteiger partial charge in [-0.1, -0.05) is 6.92 Å². The van der Waals surface area contributed by atoms with Crippen LogP contribution >= 0.6 is 0 Å². The molecule has 0 saturated heterocycles. The summed E-state index contributed by atoms with van der Waals surface area (Å²) in [5.41, 5.74) is -0.399. The van der Waals surface area contributed by atoms with Gasteiger partial charge < -0.3 is 5.11 Å². The molecule has 0 radical (unpaired) electrons. The van der Waals surface area contributed by atoms with Crippen molar-refractivity contribution in [2.75, 3.05) is 0 Å². The Labute approximate surface area is 61.5 Å². The molecular weight excluding hydrogens is 126 g/mol. The second-order valence-corrected chi connectivity index (χ2v) is 4.00. The molecule has 0 amide bonds. The van der Waals surface area contributed by atoms with Crippen LogP contribution in [0.5, 0.6) is 0 Å². The molecule has 0 aromatic carbocycles. The summed E-state index contributed by atoms with van der Waals surface area (Å²) in [7, 11) is 0. The quantitative estimate of drug-likeness (QED) is 0.597. The van der Waals surface area contributed by atoms with E-state index in [1.165, 1.54) is 0 Å². The number of hydrogen-bond acceptors (Lipinski definition) is 2. The van der Waals surface area contributed by atoms with Crippen LogP contribution in [0.15, 0.2) is 0 Å². The Hall–Kier alpha value is -0.550. The van der Waals surface area contributed by atoms with Gasteiger partial charge >= 0.3 is 0 Å². The van der Waals surface area contributed by atoms with Crippen LogP contribution in [0.25, 0.3) is 0 Å². The molecule has 1 rings (SSSR count). The summed E-state index contributed by atoms with van der Waals surface area (Å²) in [6.07, 6.45) is 2.12. The minimum atomic E-state index is -0.494. The molecule has 2 heteroatoms. The number of rotatable bonds is 1. The molecule has 1 fully saturated rings. The van der Waals surface area contributed by atoms with Crippen molar-refractivity contribution in [3.05, 3.63) is 0 Å². The second-order valence-electron chi connectivity index (χ2n) is 4.00. The van der Waals surface area contributed by atoms with Gasteiger partial charge in [0.05, 0.1) is 11.7 Å². The van der Waals surface area contributed by atoms with Gasteiger partial charge in [0.1, 0.15) is 0 Å². The molecule has 0 heterocycles. The topological polar surface area (TPSA) is 44.0 Å². The Balaban J connectivity index is 2.43. The average Bonchev–Trinajstić information content (AvgIpc) is 1.58. The lowest BCUT2D eigenvalue weighted by atomic mass is 9.60. The first-order chi connectivity index (χ1) is 4.47. The molecule has 0 atom stereocenters. The van der Waals surface area contributed by atoms with E-state index in [9.17, 15) is 5.11 Å². The molecule has 0 spiro atoms. The van der Waals surface area contributed by atoms with Gasteiger partial charge in [0.15, 0.2) is 0 Å². The van der Waals surface area contributed by atoms with Crippen molar-refractivity contribution in [2.45, 2.75) is 38.7 Å². The van der Waals surface area contributed by atoms with E-state index in [4.69, 9.17) is 5.26 Å². The average molecular weight is 139 g/mol. The van der Waals surface area contributed by atoms with E-state index in [1.54, 1.807) is 0 Å². The number of aliphatic hydroxyl groups is 1. The molecule has 1 N–H and O–H groups in total. The Morgan fingerprint density at radius 1 is 1.50 bits per heavy atom. The Morgan fingerprint density at radius 3 is 2.30 bits per heavy atom. The van der Waals surface area contributed by atoms with Crippen molar-refractivity contribution in [1.29, 1.82) is 5.26 Å². The summed E-state index contributed by atoms with van der Waals surface area (Å²) < 4.78 is 0. The standard InChI is InChI=1S/C8H13NO/c1-7(3-4-9)5-8(2,10)6-7/h10H,3,5-6H2,1-2H3/t7-,8-. The molecule has 10 heavy (non-hydrogen) atoms. The lowest BCUT2D eigenvalue weighted by Crippen LogP contribution is -2.47. The van der Waals surface area contributed by atoms with E-state index >= 15 is 0 Å². The van der Waals surface area contributed by atoms with Gasteiger partial charge in [-0.25, -0.2) is 0 Å². The van der Waals surface area contributed by atoms with Crippen molar-refractivity contribution in [1.82, 2.24) is 0 Å². The van der Waals surface area contributed by atoms with Gasteiger partial charge in [-0.3, -0.25) is 0 Å². The van der Waals surface area contributed by atoms with Crippen molar-refractivity contribution in [3.63, 3.8) is 0 Å². The zero-order valence-electron chi connectivity index (χ0n) is 6.52. The van der Waals surface area contributed by atoms with Crippen LogP contribution in [-0.4, -0.2) is 10.7 Å². The van der Waals surface area contributed by atoms with Gasteiger partial charge in [0.25, 0.3) is 0 Å². The van der Waals surface area contributed by atoms with Crippen molar-refractivity contribution in [2.24, 2.45) is 5.41 Å². The van der Waals surface area contributed by atoms with E-state index in [0.29, 0.717) is 6.42 Å². The largest absolute Gasteiger partial charge is 0.390 e. The fourth-order valence-corrected chi connectivity index (χ4v) is 2.10. The molecule has 0 aromatic heterocycles. The predicted molar refractivity (Wildman–Crippen MR) is 38.2 cm³/mol. The summed E-state index contributed by atoms with van der Waals surface area (Å²) in [6.45, 7) is 3.88. The van der Waals surface area contributed by atoms with Crippen molar-refractivity contribution in [3.8, 4) is 6.07 Å². The maximum absolute atomic E-state index is 9.37. The van der Waals surface area contributed by atoms with Gasteiger partial charge in [-0.05, 0) is 25.2 Å². The van der Waals surface area contributed by atoms with Crippen LogP contribution in [0.2, 0.25) is 0 Å². The molecule has 0 unspecified atom stereocenters. The van der Waals surface area contributed by atoms with Gasteiger partial charge in [-0.2, -0.15) is 5.26 Å². The molecule has 56 valence electrons. The van der Waals surface area contributed by atoms with E-state index in [2.05, 4.69) is 6.07 Å². The summed E-state index contributed by atoms with van der Waals surface area (Å²) in [5, 5.41) is 17.8. The number of nitriles is 1. The Kier molecular flexibility index (Phi) is 1.48. The van der Waals surface area contributed by atoms with Crippen molar-refractivity contribution >= 4 is 0 Å². The molecule has 1 aliphatic carbocycles. The molecule has 0 aromatic rings. The minimum Gasteiger partial charge on any atom is -0.390 e.